The van der Waals surface area contributed by atoms with Crippen LogP contribution in [-0.4, -0.2) is 69.9 Å². The van der Waals surface area contributed by atoms with Crippen LogP contribution in [0.5, 0.6) is 0 Å². The molecule has 0 aliphatic carbocycles. The van der Waals surface area contributed by atoms with Gasteiger partial charge in [0, 0.05) is 56.6 Å². The number of carbonyl (C=O) groups is 1. The van der Waals surface area contributed by atoms with E-state index in [4.69, 9.17) is 14.7 Å². The summed E-state index contributed by atoms with van der Waals surface area (Å²) in [6.45, 7) is 8.80. The molecular formula is C20H28N6O2. The van der Waals surface area contributed by atoms with Gasteiger partial charge in [0.1, 0.15) is 17.3 Å². The van der Waals surface area contributed by atoms with Crippen LogP contribution in [0.3, 0.4) is 0 Å². The van der Waals surface area contributed by atoms with Crippen LogP contribution in [0.15, 0.2) is 12.3 Å². The summed E-state index contributed by atoms with van der Waals surface area (Å²) < 4.78 is 7.14. The van der Waals surface area contributed by atoms with Gasteiger partial charge in [0.25, 0.3) is 5.91 Å². The predicted molar refractivity (Wildman–Crippen MR) is 106 cm³/mol. The molecule has 8 heteroatoms. The van der Waals surface area contributed by atoms with E-state index in [0.29, 0.717) is 18.8 Å². The lowest BCUT2D eigenvalue weighted by atomic mass is 9.95. The van der Waals surface area contributed by atoms with Crippen LogP contribution in [-0.2, 0) is 11.8 Å². The maximum absolute atomic E-state index is 12.6. The molecule has 0 N–H and O–H groups in total. The summed E-state index contributed by atoms with van der Waals surface area (Å²) >= 11 is 0. The smallest absolute Gasteiger partial charge is 0.274 e. The highest BCUT2D eigenvalue weighted by Gasteiger charge is 2.28. The van der Waals surface area contributed by atoms with Gasteiger partial charge < -0.3 is 14.5 Å². The molecule has 0 unspecified atom stereocenters. The van der Waals surface area contributed by atoms with Gasteiger partial charge in [-0.2, -0.15) is 5.10 Å². The molecule has 0 saturated carbocycles. The van der Waals surface area contributed by atoms with Gasteiger partial charge in [-0.05, 0) is 32.8 Å². The standard InChI is InChI=1S/C20H28N6O2/c1-14-15(2)21-18(22-19(14)25-10-12-28-13-11-25)16-4-8-26(9-5-16)20(27)17-6-7-24(3)23-17/h6-7,16H,4-5,8-13H2,1-3H3. The first-order chi connectivity index (χ1) is 13.5. The van der Waals surface area contributed by atoms with Crippen molar-refractivity contribution in [1.29, 1.82) is 0 Å². The monoisotopic (exact) mass is 384 g/mol. The Hall–Kier alpha value is -2.48. The first-order valence-corrected chi connectivity index (χ1v) is 9.99. The number of nitrogens with zero attached hydrogens (tertiary/aromatic N) is 6. The Morgan fingerprint density at radius 2 is 1.82 bits per heavy atom. The minimum atomic E-state index is 0.00839. The van der Waals surface area contributed by atoms with E-state index in [1.807, 2.05) is 11.9 Å². The second kappa shape index (κ2) is 7.87. The fourth-order valence-corrected chi connectivity index (χ4v) is 3.93. The van der Waals surface area contributed by atoms with Crippen LogP contribution in [0.4, 0.5) is 5.82 Å². The number of likely N-dealkylation sites (tertiary alicyclic amines) is 1. The minimum Gasteiger partial charge on any atom is -0.378 e. The third-order valence-electron chi connectivity index (χ3n) is 5.77. The van der Waals surface area contributed by atoms with Crippen molar-refractivity contribution >= 4 is 11.7 Å². The highest BCUT2D eigenvalue weighted by molar-refractivity contribution is 5.92. The summed E-state index contributed by atoms with van der Waals surface area (Å²) in [6, 6.07) is 1.77. The molecule has 0 spiro atoms. The number of rotatable bonds is 3. The van der Waals surface area contributed by atoms with Crippen LogP contribution in [0.2, 0.25) is 0 Å². The molecule has 150 valence electrons. The fraction of sp³-hybridized carbons (Fsp3) is 0.600. The van der Waals surface area contributed by atoms with Gasteiger partial charge >= 0.3 is 0 Å². The molecular weight excluding hydrogens is 356 g/mol. The maximum atomic E-state index is 12.6. The quantitative estimate of drug-likeness (QED) is 0.801. The minimum absolute atomic E-state index is 0.00839. The topological polar surface area (TPSA) is 76.4 Å². The van der Waals surface area contributed by atoms with Crippen molar-refractivity contribution in [1.82, 2.24) is 24.6 Å². The number of aromatic nitrogens is 4. The molecule has 4 rings (SSSR count). The number of aryl methyl sites for hydroxylation is 2. The largest absolute Gasteiger partial charge is 0.378 e. The lowest BCUT2D eigenvalue weighted by Crippen LogP contribution is -2.39. The fourth-order valence-electron chi connectivity index (χ4n) is 3.93. The number of hydrogen-bond acceptors (Lipinski definition) is 6. The molecule has 2 aromatic rings. The van der Waals surface area contributed by atoms with Crippen LogP contribution < -0.4 is 4.90 Å². The molecule has 0 atom stereocenters. The summed E-state index contributed by atoms with van der Waals surface area (Å²) in [5, 5.41) is 4.23. The third-order valence-corrected chi connectivity index (χ3v) is 5.77. The van der Waals surface area contributed by atoms with Gasteiger partial charge in [0.2, 0.25) is 0 Å². The van der Waals surface area contributed by atoms with Gasteiger partial charge in [0.15, 0.2) is 0 Å². The Morgan fingerprint density at radius 3 is 2.46 bits per heavy atom. The van der Waals surface area contributed by atoms with E-state index in [0.717, 1.165) is 62.0 Å². The normalized spacial score (nSPS) is 18.5. The van der Waals surface area contributed by atoms with Gasteiger partial charge in [0.05, 0.1) is 13.2 Å². The first-order valence-electron chi connectivity index (χ1n) is 9.99. The zero-order valence-corrected chi connectivity index (χ0v) is 16.9. The Morgan fingerprint density at radius 1 is 1.11 bits per heavy atom. The lowest BCUT2D eigenvalue weighted by molar-refractivity contribution is 0.0704. The van der Waals surface area contributed by atoms with E-state index in [9.17, 15) is 4.79 Å². The van der Waals surface area contributed by atoms with Crippen molar-refractivity contribution in [2.24, 2.45) is 7.05 Å². The Balaban J connectivity index is 1.47. The molecule has 0 bridgehead atoms. The zero-order chi connectivity index (χ0) is 19.7. The second-order valence-electron chi connectivity index (χ2n) is 7.66. The molecule has 2 aliphatic rings. The van der Waals surface area contributed by atoms with Gasteiger partial charge in [-0.3, -0.25) is 9.48 Å². The van der Waals surface area contributed by atoms with E-state index in [-0.39, 0.29) is 11.8 Å². The van der Waals surface area contributed by atoms with E-state index >= 15 is 0 Å². The van der Waals surface area contributed by atoms with E-state index in [1.165, 1.54) is 0 Å². The Kier molecular flexibility index (Phi) is 5.30. The van der Waals surface area contributed by atoms with Crippen molar-refractivity contribution < 1.29 is 9.53 Å². The number of amides is 1. The Labute approximate surface area is 165 Å². The molecule has 2 fully saturated rings. The van der Waals surface area contributed by atoms with Gasteiger partial charge in [-0.1, -0.05) is 0 Å². The summed E-state index contributed by atoms with van der Waals surface area (Å²) in [4.78, 5) is 26.6. The number of carbonyl (C=O) groups excluding carboxylic acids is 1. The number of piperidine rings is 1. The molecule has 0 aromatic carbocycles. The van der Waals surface area contributed by atoms with Crippen molar-refractivity contribution in [2.45, 2.75) is 32.6 Å². The van der Waals surface area contributed by atoms with E-state index in [1.54, 1.807) is 16.9 Å². The summed E-state index contributed by atoms with van der Waals surface area (Å²) in [7, 11) is 1.83. The average molecular weight is 384 g/mol. The predicted octanol–water partition coefficient (Wildman–Crippen LogP) is 1.68. The highest BCUT2D eigenvalue weighted by atomic mass is 16.5. The second-order valence-corrected chi connectivity index (χ2v) is 7.66. The first kappa shape index (κ1) is 18.9. The number of ether oxygens (including phenoxy) is 1. The van der Waals surface area contributed by atoms with Crippen molar-refractivity contribution in [3.8, 4) is 0 Å². The zero-order valence-electron chi connectivity index (χ0n) is 16.9. The molecule has 28 heavy (non-hydrogen) atoms. The molecule has 4 heterocycles. The van der Waals surface area contributed by atoms with Crippen LogP contribution in [0.1, 0.15) is 46.3 Å². The van der Waals surface area contributed by atoms with Crippen molar-refractivity contribution in [3.63, 3.8) is 0 Å². The van der Waals surface area contributed by atoms with Crippen LogP contribution in [0.25, 0.3) is 0 Å². The third kappa shape index (κ3) is 3.73. The average Bonchev–Trinajstić information content (AvgIpc) is 3.16. The molecule has 2 aromatic heterocycles. The van der Waals surface area contributed by atoms with Gasteiger partial charge in [-0.25, -0.2) is 9.97 Å². The molecule has 2 saturated heterocycles. The molecule has 1 amide bonds. The van der Waals surface area contributed by atoms with Crippen LogP contribution in [0, 0.1) is 13.8 Å². The molecule has 2 aliphatic heterocycles. The van der Waals surface area contributed by atoms with Crippen LogP contribution >= 0.6 is 0 Å². The summed E-state index contributed by atoms with van der Waals surface area (Å²) in [5.74, 6) is 2.24. The molecule has 0 radical (unpaired) electrons. The van der Waals surface area contributed by atoms with Gasteiger partial charge in [-0.15, -0.1) is 0 Å². The SMILES string of the molecule is Cc1nc(C2CCN(C(=O)c3ccn(C)n3)CC2)nc(N2CCOCC2)c1C. The van der Waals surface area contributed by atoms with E-state index in [2.05, 4.69) is 23.8 Å². The summed E-state index contributed by atoms with van der Waals surface area (Å²) in [6.07, 6.45) is 3.56. The Bertz CT molecular complexity index is 850. The number of hydrogen-bond donors (Lipinski definition) is 0. The maximum Gasteiger partial charge on any atom is 0.274 e. The summed E-state index contributed by atoms with van der Waals surface area (Å²) in [5.41, 5.74) is 2.70. The van der Waals surface area contributed by atoms with E-state index < -0.39 is 0 Å². The number of morpholine rings is 1. The van der Waals surface area contributed by atoms with Crippen molar-refractivity contribution in [2.75, 3.05) is 44.3 Å². The number of anilines is 1. The molecule has 8 nitrogen and oxygen atoms in total. The highest BCUT2D eigenvalue weighted by Crippen LogP contribution is 2.30. The van der Waals surface area contributed by atoms with Crippen molar-refractivity contribution in [3.05, 3.63) is 35.0 Å². The lowest BCUT2D eigenvalue weighted by Gasteiger charge is -2.33.